The zero-order valence-electron chi connectivity index (χ0n) is 46.3. The van der Waals surface area contributed by atoms with Gasteiger partial charge in [0, 0.05) is 0 Å². The molecule has 0 unspecified atom stereocenters. The summed E-state index contributed by atoms with van der Waals surface area (Å²) in [5.41, 5.74) is 0. The standard InChI is InChI=1S/3C19H42N.3ClH/c3*1-5-6-7-8-9-10-11-12-13-14-15-16-17-18-19-20(2,3)4;;;/h3*5-19H2,1-4H3;3*1H/q3*+1;;;/p-3. The first-order valence-electron chi connectivity index (χ1n) is 28.1. The second-order valence-corrected chi connectivity index (χ2v) is 22.8. The molecular formula is C57H126Cl3N3. The minimum Gasteiger partial charge on any atom is -1.00 e. The molecule has 0 saturated carbocycles. The highest BCUT2D eigenvalue weighted by molar-refractivity contribution is 4.52. The van der Waals surface area contributed by atoms with E-state index in [1.54, 1.807) is 0 Å². The molecule has 63 heavy (non-hydrogen) atoms. The Morgan fingerprint density at radius 2 is 0.254 bits per heavy atom. The van der Waals surface area contributed by atoms with Crippen molar-refractivity contribution < 1.29 is 50.7 Å². The summed E-state index contributed by atoms with van der Waals surface area (Å²) in [6, 6.07) is 0. The summed E-state index contributed by atoms with van der Waals surface area (Å²) in [6.45, 7) is 10.9. The molecule has 0 heterocycles. The molecule has 0 aromatic heterocycles. The Labute approximate surface area is 422 Å². The molecule has 0 saturated heterocycles. The summed E-state index contributed by atoms with van der Waals surface area (Å²) in [4.78, 5) is 0. The molecule has 0 spiro atoms. The van der Waals surface area contributed by atoms with Gasteiger partial charge in [-0.3, -0.25) is 0 Å². The molecule has 0 rings (SSSR count). The van der Waals surface area contributed by atoms with Crippen LogP contribution in [0.25, 0.3) is 0 Å². The van der Waals surface area contributed by atoms with Crippen LogP contribution in [-0.4, -0.2) is 96.5 Å². The minimum atomic E-state index is 0. The van der Waals surface area contributed by atoms with Gasteiger partial charge in [0.1, 0.15) is 0 Å². The van der Waals surface area contributed by atoms with E-state index in [0.717, 1.165) is 13.4 Å². The van der Waals surface area contributed by atoms with Gasteiger partial charge in [0.05, 0.1) is 83.1 Å². The average Bonchev–Trinajstić information content (AvgIpc) is 3.17. The molecule has 0 N–H and O–H groups in total. The Morgan fingerprint density at radius 1 is 0.159 bits per heavy atom. The largest absolute Gasteiger partial charge is 1.00 e. The van der Waals surface area contributed by atoms with Crippen LogP contribution in [0, 0.1) is 0 Å². The van der Waals surface area contributed by atoms with Crippen LogP contribution in [0.3, 0.4) is 0 Å². The predicted molar refractivity (Wildman–Crippen MR) is 280 cm³/mol. The molecule has 0 atom stereocenters. The summed E-state index contributed by atoms with van der Waals surface area (Å²) in [7, 11) is 20.6. The summed E-state index contributed by atoms with van der Waals surface area (Å²) in [5, 5.41) is 0. The second kappa shape index (κ2) is 58.9. The van der Waals surface area contributed by atoms with E-state index in [4.69, 9.17) is 0 Å². The van der Waals surface area contributed by atoms with Crippen molar-refractivity contribution in [2.75, 3.05) is 83.1 Å². The molecule has 0 aliphatic heterocycles. The van der Waals surface area contributed by atoms with Crippen LogP contribution >= 0.6 is 0 Å². The maximum Gasteiger partial charge on any atom is 0.0780 e. The molecule has 0 aromatic rings. The smallest absolute Gasteiger partial charge is 0.0780 e. The van der Waals surface area contributed by atoms with Gasteiger partial charge in [-0.15, -0.1) is 0 Å². The van der Waals surface area contributed by atoms with E-state index in [0.29, 0.717) is 0 Å². The topological polar surface area (TPSA) is 0 Å². The zero-order valence-corrected chi connectivity index (χ0v) is 48.6. The lowest BCUT2D eigenvalue weighted by Crippen LogP contribution is -3.00. The Kier molecular flexibility index (Phi) is 70.3. The SMILES string of the molecule is CCCCCCCCCCCCCCCC[N+](C)(C)C.CCCCCCCCCCCCCCCC[N+](C)(C)C.CCCCCCCCCCCCCCCC[N+](C)(C)C.[Cl-].[Cl-].[Cl-]. The molecule has 3 nitrogen and oxygen atoms in total. The molecule has 390 valence electrons. The van der Waals surface area contributed by atoms with Crippen molar-refractivity contribution in [1.29, 1.82) is 0 Å². The van der Waals surface area contributed by atoms with Crippen LogP contribution in [0.4, 0.5) is 0 Å². The van der Waals surface area contributed by atoms with Crippen LogP contribution in [0.5, 0.6) is 0 Å². The van der Waals surface area contributed by atoms with E-state index in [9.17, 15) is 0 Å². The first-order valence-corrected chi connectivity index (χ1v) is 28.1. The number of unbranched alkanes of at least 4 members (excludes halogenated alkanes) is 39. The Bertz CT molecular complexity index is 659. The number of hydrogen-bond acceptors (Lipinski definition) is 0. The molecule has 0 aromatic carbocycles. The molecule has 0 aliphatic carbocycles. The third-order valence-electron chi connectivity index (χ3n) is 12.5. The quantitative estimate of drug-likeness (QED) is 0.0422. The zero-order chi connectivity index (χ0) is 45.3. The van der Waals surface area contributed by atoms with Gasteiger partial charge in [0.2, 0.25) is 0 Å². The van der Waals surface area contributed by atoms with Gasteiger partial charge in [0.25, 0.3) is 0 Å². The fraction of sp³-hybridized carbons (Fsp3) is 1.00. The normalized spacial score (nSPS) is 11.4. The number of nitrogens with zero attached hydrogens (tertiary/aromatic N) is 3. The highest BCUT2D eigenvalue weighted by atomic mass is 35.5. The van der Waals surface area contributed by atoms with Crippen molar-refractivity contribution in [3.63, 3.8) is 0 Å². The van der Waals surface area contributed by atoms with Crippen molar-refractivity contribution in [3.05, 3.63) is 0 Å². The monoisotopic (exact) mass is 958 g/mol. The number of rotatable bonds is 45. The number of quaternary nitrogens is 3. The van der Waals surface area contributed by atoms with Crippen molar-refractivity contribution in [2.45, 2.75) is 290 Å². The Hall–Kier alpha value is 0.750. The fourth-order valence-corrected chi connectivity index (χ4v) is 8.34. The number of halogens is 3. The first-order chi connectivity index (χ1) is 28.7. The number of hydrogen-bond donors (Lipinski definition) is 0. The summed E-state index contributed by atoms with van der Waals surface area (Å²) >= 11 is 0. The molecule has 0 bridgehead atoms. The Morgan fingerprint density at radius 3 is 0.349 bits per heavy atom. The van der Waals surface area contributed by atoms with Crippen molar-refractivity contribution in [1.82, 2.24) is 0 Å². The van der Waals surface area contributed by atoms with Crippen molar-refractivity contribution in [3.8, 4) is 0 Å². The molecule has 0 fully saturated rings. The van der Waals surface area contributed by atoms with Gasteiger partial charge in [0.15, 0.2) is 0 Å². The first kappa shape index (κ1) is 75.3. The van der Waals surface area contributed by atoms with E-state index >= 15 is 0 Å². The molecule has 0 aliphatic rings. The predicted octanol–water partition coefficient (Wildman–Crippen LogP) is 9.53. The van der Waals surface area contributed by atoms with Gasteiger partial charge < -0.3 is 50.7 Å². The highest BCUT2D eigenvalue weighted by Crippen LogP contribution is 2.16. The summed E-state index contributed by atoms with van der Waals surface area (Å²) in [6.07, 6.45) is 61.1. The summed E-state index contributed by atoms with van der Waals surface area (Å²) in [5.74, 6) is 0. The van der Waals surface area contributed by atoms with Crippen molar-refractivity contribution in [2.24, 2.45) is 0 Å². The van der Waals surface area contributed by atoms with E-state index in [1.165, 1.54) is 289 Å². The minimum absolute atomic E-state index is 0. The third kappa shape index (κ3) is 86.5. The van der Waals surface area contributed by atoms with E-state index in [-0.39, 0.29) is 37.2 Å². The highest BCUT2D eigenvalue weighted by Gasteiger charge is 2.07. The van der Waals surface area contributed by atoms with Gasteiger partial charge in [-0.1, -0.05) is 252 Å². The van der Waals surface area contributed by atoms with Crippen molar-refractivity contribution >= 4 is 0 Å². The lowest BCUT2D eigenvalue weighted by Gasteiger charge is -2.23. The van der Waals surface area contributed by atoms with Crippen LogP contribution in [0.15, 0.2) is 0 Å². The molecular weight excluding hydrogens is 833 g/mol. The fourth-order valence-electron chi connectivity index (χ4n) is 8.34. The average molecular weight is 960 g/mol. The maximum absolute atomic E-state index is 2.29. The molecule has 6 heteroatoms. The summed E-state index contributed by atoms with van der Waals surface area (Å²) < 4.78 is 3.37. The van der Waals surface area contributed by atoms with Gasteiger partial charge in [-0.05, 0) is 38.5 Å². The lowest BCUT2D eigenvalue weighted by molar-refractivity contribution is -0.870. The maximum atomic E-state index is 2.29. The van der Waals surface area contributed by atoms with Crippen LogP contribution in [-0.2, 0) is 0 Å². The van der Waals surface area contributed by atoms with Crippen LogP contribution < -0.4 is 37.2 Å². The van der Waals surface area contributed by atoms with E-state index < -0.39 is 0 Å². The molecule has 0 radical (unpaired) electrons. The van der Waals surface area contributed by atoms with E-state index in [2.05, 4.69) is 84.2 Å². The van der Waals surface area contributed by atoms with Gasteiger partial charge in [-0.25, -0.2) is 0 Å². The van der Waals surface area contributed by atoms with E-state index in [1.807, 2.05) is 0 Å². The Balaban J connectivity index is -0.000000189. The van der Waals surface area contributed by atoms with Gasteiger partial charge in [-0.2, -0.15) is 0 Å². The molecule has 0 amide bonds. The lowest BCUT2D eigenvalue weighted by atomic mass is 10.0. The van der Waals surface area contributed by atoms with Gasteiger partial charge >= 0.3 is 0 Å². The van der Waals surface area contributed by atoms with Crippen LogP contribution in [0.2, 0.25) is 0 Å². The van der Waals surface area contributed by atoms with Crippen LogP contribution in [0.1, 0.15) is 290 Å². The second-order valence-electron chi connectivity index (χ2n) is 22.8. The third-order valence-corrected chi connectivity index (χ3v) is 12.5.